The van der Waals surface area contributed by atoms with Crippen LogP contribution in [0.5, 0.6) is 11.5 Å². The molecule has 1 fully saturated rings. The standard InChI is InChI=1S/C21H31N5O2.HI/c1-16(28-20-7-5-6-19(11-20)27-4)12-23-21(22-2)26-9-8-17(15-26)10-18-13-24-25(3)14-18;/h5-7,11,13-14,16-17H,8-10,12,15H2,1-4H3,(H,22,23);1H. The maximum atomic E-state index is 5.99. The van der Waals surface area contributed by atoms with Gasteiger partial charge in [-0.25, -0.2) is 0 Å². The van der Waals surface area contributed by atoms with Gasteiger partial charge in [0.25, 0.3) is 0 Å². The van der Waals surface area contributed by atoms with Gasteiger partial charge in [-0.3, -0.25) is 9.67 Å². The highest BCUT2D eigenvalue weighted by molar-refractivity contribution is 14.0. The van der Waals surface area contributed by atoms with Crippen molar-refractivity contribution >= 4 is 29.9 Å². The number of hydrogen-bond acceptors (Lipinski definition) is 4. The summed E-state index contributed by atoms with van der Waals surface area (Å²) in [5.74, 6) is 3.18. The van der Waals surface area contributed by atoms with Crippen LogP contribution in [0.4, 0.5) is 0 Å². The number of likely N-dealkylation sites (tertiary alicyclic amines) is 1. The molecule has 1 N–H and O–H groups in total. The first-order chi connectivity index (χ1) is 13.6. The predicted molar refractivity (Wildman–Crippen MR) is 126 cm³/mol. The van der Waals surface area contributed by atoms with E-state index in [-0.39, 0.29) is 30.1 Å². The summed E-state index contributed by atoms with van der Waals surface area (Å²) in [6.45, 7) is 4.78. The summed E-state index contributed by atoms with van der Waals surface area (Å²) in [6, 6.07) is 7.68. The van der Waals surface area contributed by atoms with E-state index < -0.39 is 0 Å². The van der Waals surface area contributed by atoms with Gasteiger partial charge in [0.15, 0.2) is 5.96 Å². The molecule has 8 heteroatoms. The molecule has 0 saturated carbocycles. The normalized spacial score (nSPS) is 17.6. The number of benzene rings is 1. The monoisotopic (exact) mass is 513 g/mol. The fourth-order valence-electron chi connectivity index (χ4n) is 3.62. The fourth-order valence-corrected chi connectivity index (χ4v) is 3.62. The molecule has 1 aromatic carbocycles. The molecular weight excluding hydrogens is 481 g/mol. The number of hydrogen-bond donors (Lipinski definition) is 1. The number of aromatic nitrogens is 2. The molecule has 2 aromatic rings. The highest BCUT2D eigenvalue weighted by Crippen LogP contribution is 2.21. The molecule has 0 bridgehead atoms. The molecule has 29 heavy (non-hydrogen) atoms. The first kappa shape index (κ1) is 23.3. The minimum absolute atomic E-state index is 0. The van der Waals surface area contributed by atoms with Gasteiger partial charge in [0, 0.05) is 39.4 Å². The third-order valence-corrected chi connectivity index (χ3v) is 5.01. The van der Waals surface area contributed by atoms with Gasteiger partial charge < -0.3 is 19.7 Å². The van der Waals surface area contributed by atoms with Crippen LogP contribution in [-0.2, 0) is 13.5 Å². The Hall–Kier alpha value is -1.97. The number of rotatable bonds is 7. The van der Waals surface area contributed by atoms with Crippen molar-refractivity contribution < 1.29 is 9.47 Å². The lowest BCUT2D eigenvalue weighted by Gasteiger charge is -2.23. The van der Waals surface area contributed by atoms with E-state index in [4.69, 9.17) is 9.47 Å². The van der Waals surface area contributed by atoms with E-state index in [1.54, 1.807) is 7.11 Å². The quantitative estimate of drug-likeness (QED) is 0.351. The van der Waals surface area contributed by atoms with Crippen LogP contribution in [0, 0.1) is 5.92 Å². The molecule has 1 aliphatic rings. The molecule has 1 saturated heterocycles. The molecule has 1 aliphatic heterocycles. The molecule has 2 unspecified atom stereocenters. The molecule has 1 aromatic heterocycles. The minimum atomic E-state index is 0. The van der Waals surface area contributed by atoms with E-state index in [2.05, 4.69) is 33.4 Å². The molecule has 2 heterocycles. The molecule has 160 valence electrons. The smallest absolute Gasteiger partial charge is 0.193 e. The maximum absolute atomic E-state index is 5.99. The zero-order valence-electron chi connectivity index (χ0n) is 17.7. The van der Waals surface area contributed by atoms with Crippen molar-refractivity contribution in [2.75, 3.05) is 33.8 Å². The predicted octanol–water partition coefficient (Wildman–Crippen LogP) is 2.95. The van der Waals surface area contributed by atoms with Crippen LogP contribution < -0.4 is 14.8 Å². The summed E-state index contributed by atoms with van der Waals surface area (Å²) in [6.07, 6.45) is 6.32. The zero-order chi connectivity index (χ0) is 19.9. The Kier molecular flexibility index (Phi) is 9.06. The average Bonchev–Trinajstić information content (AvgIpc) is 3.32. The first-order valence-electron chi connectivity index (χ1n) is 9.81. The molecule has 3 rings (SSSR count). The SMILES string of the molecule is CN=C(NCC(C)Oc1cccc(OC)c1)N1CCC(Cc2cnn(C)c2)C1.I. The fraction of sp³-hybridized carbons (Fsp3) is 0.524. The van der Waals surface area contributed by atoms with Crippen molar-refractivity contribution in [2.24, 2.45) is 18.0 Å². The zero-order valence-corrected chi connectivity index (χ0v) is 20.0. The van der Waals surface area contributed by atoms with Crippen LogP contribution in [0.3, 0.4) is 0 Å². The number of halogens is 1. The van der Waals surface area contributed by atoms with Crippen LogP contribution in [0.2, 0.25) is 0 Å². The van der Waals surface area contributed by atoms with Crippen molar-refractivity contribution in [3.05, 3.63) is 42.2 Å². The molecule has 7 nitrogen and oxygen atoms in total. The van der Waals surface area contributed by atoms with E-state index in [0.29, 0.717) is 12.5 Å². The Morgan fingerprint density at radius 2 is 2.17 bits per heavy atom. The van der Waals surface area contributed by atoms with Crippen molar-refractivity contribution in [3.8, 4) is 11.5 Å². The summed E-state index contributed by atoms with van der Waals surface area (Å²) in [5, 5.41) is 7.72. The van der Waals surface area contributed by atoms with Gasteiger partial charge in [0.1, 0.15) is 17.6 Å². The summed E-state index contributed by atoms with van der Waals surface area (Å²) in [5.41, 5.74) is 1.30. The third kappa shape index (κ3) is 6.80. The van der Waals surface area contributed by atoms with Gasteiger partial charge in [0.05, 0.1) is 19.9 Å². The number of guanidine groups is 1. The Bertz CT molecular complexity index is 795. The topological polar surface area (TPSA) is 63.9 Å². The number of aryl methyl sites for hydroxylation is 1. The van der Waals surface area contributed by atoms with Crippen LogP contribution in [0.25, 0.3) is 0 Å². The van der Waals surface area contributed by atoms with Gasteiger partial charge in [-0.2, -0.15) is 5.10 Å². The highest BCUT2D eigenvalue weighted by atomic mass is 127. The molecule has 0 radical (unpaired) electrons. The van der Waals surface area contributed by atoms with E-state index >= 15 is 0 Å². The second kappa shape index (κ2) is 11.3. The lowest BCUT2D eigenvalue weighted by atomic mass is 10.0. The van der Waals surface area contributed by atoms with Crippen molar-refractivity contribution in [3.63, 3.8) is 0 Å². The highest BCUT2D eigenvalue weighted by Gasteiger charge is 2.25. The summed E-state index contributed by atoms with van der Waals surface area (Å²) >= 11 is 0. The minimum Gasteiger partial charge on any atom is -0.497 e. The molecular formula is C21H32IN5O2. The second-order valence-corrected chi connectivity index (χ2v) is 7.36. The lowest BCUT2D eigenvalue weighted by Crippen LogP contribution is -2.43. The van der Waals surface area contributed by atoms with Crippen LogP contribution in [-0.4, -0.2) is 60.5 Å². The van der Waals surface area contributed by atoms with E-state index in [1.165, 1.54) is 12.0 Å². The Labute approximate surface area is 190 Å². The number of methoxy groups -OCH3 is 1. The van der Waals surface area contributed by atoms with Crippen molar-refractivity contribution in [2.45, 2.75) is 25.9 Å². The maximum Gasteiger partial charge on any atom is 0.193 e. The molecule has 2 atom stereocenters. The summed E-state index contributed by atoms with van der Waals surface area (Å²) in [4.78, 5) is 6.79. The van der Waals surface area contributed by atoms with Crippen LogP contribution in [0.1, 0.15) is 18.9 Å². The van der Waals surface area contributed by atoms with E-state index in [9.17, 15) is 0 Å². The number of nitrogens with one attached hydrogen (secondary N) is 1. The summed E-state index contributed by atoms with van der Waals surface area (Å²) in [7, 11) is 5.46. The Balaban J connectivity index is 0.00000300. The van der Waals surface area contributed by atoms with Gasteiger partial charge in [0.2, 0.25) is 0 Å². The number of aliphatic imine (C=N–C) groups is 1. The molecule has 0 aliphatic carbocycles. The van der Waals surface area contributed by atoms with Gasteiger partial charge in [-0.15, -0.1) is 24.0 Å². The average molecular weight is 513 g/mol. The van der Waals surface area contributed by atoms with E-state index in [1.807, 2.05) is 49.2 Å². The summed E-state index contributed by atoms with van der Waals surface area (Å²) < 4.78 is 13.1. The van der Waals surface area contributed by atoms with E-state index in [0.717, 1.165) is 37.0 Å². The number of ether oxygens (including phenoxy) is 2. The second-order valence-electron chi connectivity index (χ2n) is 7.36. The van der Waals surface area contributed by atoms with Crippen molar-refractivity contribution in [1.29, 1.82) is 0 Å². The van der Waals surface area contributed by atoms with Gasteiger partial charge in [-0.05, 0) is 43.4 Å². The molecule has 0 amide bonds. The first-order valence-corrected chi connectivity index (χ1v) is 9.81. The third-order valence-electron chi connectivity index (χ3n) is 5.01. The van der Waals surface area contributed by atoms with Crippen LogP contribution in [0.15, 0.2) is 41.7 Å². The van der Waals surface area contributed by atoms with Gasteiger partial charge >= 0.3 is 0 Å². The number of nitrogens with zero attached hydrogens (tertiary/aromatic N) is 4. The Morgan fingerprint density at radius 1 is 1.38 bits per heavy atom. The van der Waals surface area contributed by atoms with Crippen molar-refractivity contribution in [1.82, 2.24) is 20.0 Å². The Morgan fingerprint density at radius 3 is 2.86 bits per heavy atom. The van der Waals surface area contributed by atoms with Crippen LogP contribution >= 0.6 is 24.0 Å². The largest absolute Gasteiger partial charge is 0.497 e. The lowest BCUT2D eigenvalue weighted by molar-refractivity contribution is 0.221. The van der Waals surface area contributed by atoms with Gasteiger partial charge in [-0.1, -0.05) is 6.07 Å². The molecule has 0 spiro atoms.